The van der Waals surface area contributed by atoms with Crippen LogP contribution in [0.2, 0.25) is 0 Å². The average molecular weight is 411 g/mol. The highest BCUT2D eigenvalue weighted by molar-refractivity contribution is 5.25. The van der Waals surface area contributed by atoms with Gasteiger partial charge in [0.25, 0.3) is 0 Å². The van der Waals surface area contributed by atoms with Crippen molar-refractivity contribution >= 4 is 0 Å². The van der Waals surface area contributed by atoms with E-state index in [-0.39, 0.29) is 0 Å². The van der Waals surface area contributed by atoms with Crippen LogP contribution in [0, 0.1) is 0 Å². The minimum atomic E-state index is 0.616. The number of benzene rings is 3. The third-order valence-electron chi connectivity index (χ3n) is 7.42. The lowest BCUT2D eigenvalue weighted by Crippen LogP contribution is -2.44. The molecule has 0 bridgehead atoms. The minimum absolute atomic E-state index is 0.616. The van der Waals surface area contributed by atoms with Gasteiger partial charge >= 0.3 is 0 Å². The van der Waals surface area contributed by atoms with Crippen LogP contribution < -0.4 is 0 Å². The molecule has 2 atom stereocenters. The van der Waals surface area contributed by atoms with E-state index in [4.69, 9.17) is 0 Å². The van der Waals surface area contributed by atoms with Gasteiger partial charge in [-0.25, -0.2) is 0 Å². The number of likely N-dealkylation sites (tertiary alicyclic amines) is 2. The fraction of sp³-hybridized carbons (Fsp3) is 0.379. The number of nitrogens with zero attached hydrogens (tertiary/aromatic N) is 2. The molecule has 31 heavy (non-hydrogen) atoms. The second kappa shape index (κ2) is 9.80. The monoisotopic (exact) mass is 410 g/mol. The largest absolute Gasteiger partial charge is 0.301 e. The Morgan fingerprint density at radius 1 is 0.645 bits per heavy atom. The van der Waals surface area contributed by atoms with E-state index >= 15 is 0 Å². The number of hydrogen-bond acceptors (Lipinski definition) is 2. The Hall–Kier alpha value is -2.42. The molecule has 0 aromatic heterocycles. The molecule has 160 valence electrons. The van der Waals surface area contributed by atoms with E-state index in [1.807, 2.05) is 0 Å². The van der Waals surface area contributed by atoms with E-state index in [1.54, 1.807) is 0 Å². The lowest BCUT2D eigenvalue weighted by Gasteiger charge is -2.38. The zero-order valence-corrected chi connectivity index (χ0v) is 18.4. The Balaban J connectivity index is 1.26. The molecule has 0 unspecified atom stereocenters. The predicted molar refractivity (Wildman–Crippen MR) is 130 cm³/mol. The lowest BCUT2D eigenvalue weighted by atomic mass is 9.87. The van der Waals surface area contributed by atoms with Gasteiger partial charge in [-0.3, -0.25) is 4.90 Å². The Morgan fingerprint density at radius 3 is 1.87 bits per heavy atom. The quantitative estimate of drug-likeness (QED) is 0.524. The summed E-state index contributed by atoms with van der Waals surface area (Å²) in [6.45, 7) is 5.98. The van der Waals surface area contributed by atoms with Crippen molar-refractivity contribution in [2.75, 3.05) is 32.7 Å². The molecule has 0 spiro atoms. The molecule has 3 aromatic rings. The topological polar surface area (TPSA) is 6.48 Å². The normalized spacial score (nSPS) is 23.2. The lowest BCUT2D eigenvalue weighted by molar-refractivity contribution is 0.144. The molecule has 0 saturated carbocycles. The number of rotatable bonds is 6. The predicted octanol–water partition coefficient (Wildman–Crippen LogP) is 5.58. The van der Waals surface area contributed by atoms with E-state index in [0.29, 0.717) is 12.0 Å². The van der Waals surface area contributed by atoms with Crippen LogP contribution in [-0.2, 0) is 6.42 Å². The van der Waals surface area contributed by atoms with E-state index in [1.165, 1.54) is 55.7 Å². The van der Waals surface area contributed by atoms with Crippen LogP contribution >= 0.6 is 0 Å². The summed E-state index contributed by atoms with van der Waals surface area (Å²) in [7, 11) is 0. The molecule has 2 saturated heterocycles. The maximum atomic E-state index is 2.81. The Kier molecular flexibility index (Phi) is 6.48. The number of piperidine rings is 1. The van der Waals surface area contributed by atoms with Gasteiger partial charge in [0, 0.05) is 31.6 Å². The molecule has 5 rings (SSSR count). The standard InChI is InChI=1S/C29H34N2/c1-4-10-24(11-5-1)16-19-30-22-28(27-14-8-3-9-15-27)29(23-30)31-20-17-26(18-21-31)25-12-6-2-7-13-25/h1-15,26,28-29H,16-23H2/t28-,29+/m1/s1. The highest BCUT2D eigenvalue weighted by atomic mass is 15.3. The van der Waals surface area contributed by atoms with E-state index in [2.05, 4.69) is 101 Å². The minimum Gasteiger partial charge on any atom is -0.301 e. The van der Waals surface area contributed by atoms with E-state index in [0.717, 1.165) is 18.9 Å². The Morgan fingerprint density at radius 2 is 1.23 bits per heavy atom. The molecule has 2 nitrogen and oxygen atoms in total. The van der Waals surface area contributed by atoms with Gasteiger partial charge in [0.2, 0.25) is 0 Å². The van der Waals surface area contributed by atoms with Crippen molar-refractivity contribution in [1.82, 2.24) is 9.80 Å². The second-order valence-electron chi connectivity index (χ2n) is 9.30. The molecular weight excluding hydrogens is 376 g/mol. The smallest absolute Gasteiger partial charge is 0.0304 e. The zero-order valence-electron chi connectivity index (χ0n) is 18.4. The van der Waals surface area contributed by atoms with Gasteiger partial charge in [-0.15, -0.1) is 0 Å². The maximum Gasteiger partial charge on any atom is 0.0304 e. The number of hydrogen-bond donors (Lipinski definition) is 0. The van der Waals surface area contributed by atoms with Gasteiger partial charge in [-0.05, 0) is 55.0 Å². The summed E-state index contributed by atoms with van der Waals surface area (Å²) < 4.78 is 0. The van der Waals surface area contributed by atoms with Gasteiger partial charge in [-0.2, -0.15) is 0 Å². The Labute approximate surface area is 187 Å². The molecule has 0 radical (unpaired) electrons. The molecule has 0 N–H and O–H groups in total. The van der Waals surface area contributed by atoms with Crippen LogP contribution in [0.1, 0.15) is 41.4 Å². The van der Waals surface area contributed by atoms with Crippen molar-refractivity contribution in [3.05, 3.63) is 108 Å². The summed E-state index contributed by atoms with van der Waals surface area (Å²) in [5, 5.41) is 0. The molecule has 0 aliphatic carbocycles. The van der Waals surface area contributed by atoms with E-state index in [9.17, 15) is 0 Å². The van der Waals surface area contributed by atoms with E-state index < -0.39 is 0 Å². The molecule has 2 fully saturated rings. The first-order chi connectivity index (χ1) is 15.4. The summed E-state index contributed by atoms with van der Waals surface area (Å²) in [6, 6.07) is 34.0. The van der Waals surface area contributed by atoms with Crippen LogP contribution in [0.25, 0.3) is 0 Å². The first-order valence-electron chi connectivity index (χ1n) is 12.0. The van der Waals surface area contributed by atoms with Crippen molar-refractivity contribution in [3.8, 4) is 0 Å². The van der Waals surface area contributed by atoms with Crippen LogP contribution in [0.3, 0.4) is 0 Å². The van der Waals surface area contributed by atoms with Gasteiger partial charge < -0.3 is 4.90 Å². The first-order valence-corrected chi connectivity index (χ1v) is 12.0. The van der Waals surface area contributed by atoms with Crippen LogP contribution in [0.5, 0.6) is 0 Å². The SMILES string of the molecule is c1ccc(CCN2C[C@H](c3ccccc3)[C@@H](N3CCC(c4ccccc4)CC3)C2)cc1. The third-order valence-corrected chi connectivity index (χ3v) is 7.42. The summed E-state index contributed by atoms with van der Waals surface area (Å²) in [5.41, 5.74) is 4.49. The van der Waals surface area contributed by atoms with Crippen LogP contribution in [-0.4, -0.2) is 48.6 Å². The van der Waals surface area contributed by atoms with Crippen molar-refractivity contribution in [2.24, 2.45) is 0 Å². The fourth-order valence-electron chi connectivity index (χ4n) is 5.67. The van der Waals surface area contributed by atoms with Crippen molar-refractivity contribution in [1.29, 1.82) is 0 Å². The van der Waals surface area contributed by atoms with Gasteiger partial charge in [0.1, 0.15) is 0 Å². The van der Waals surface area contributed by atoms with Crippen LogP contribution in [0.15, 0.2) is 91.0 Å². The molecule has 2 heterocycles. The maximum absolute atomic E-state index is 2.81. The second-order valence-corrected chi connectivity index (χ2v) is 9.30. The zero-order chi connectivity index (χ0) is 20.9. The van der Waals surface area contributed by atoms with Gasteiger partial charge in [0.15, 0.2) is 0 Å². The summed E-state index contributed by atoms with van der Waals surface area (Å²) in [6.07, 6.45) is 3.71. The first kappa shape index (κ1) is 20.5. The summed E-state index contributed by atoms with van der Waals surface area (Å²) >= 11 is 0. The van der Waals surface area contributed by atoms with Crippen LogP contribution in [0.4, 0.5) is 0 Å². The highest BCUT2D eigenvalue weighted by Gasteiger charge is 2.38. The molecule has 2 heteroatoms. The third kappa shape index (κ3) is 4.92. The van der Waals surface area contributed by atoms with Gasteiger partial charge in [-0.1, -0.05) is 91.0 Å². The molecule has 2 aliphatic heterocycles. The molecular formula is C29H34N2. The molecule has 3 aromatic carbocycles. The molecule has 2 aliphatic rings. The fourth-order valence-corrected chi connectivity index (χ4v) is 5.67. The average Bonchev–Trinajstić information content (AvgIpc) is 3.29. The van der Waals surface area contributed by atoms with Gasteiger partial charge in [0.05, 0.1) is 0 Å². The Bertz CT molecular complexity index is 917. The summed E-state index contributed by atoms with van der Waals surface area (Å²) in [4.78, 5) is 5.51. The summed E-state index contributed by atoms with van der Waals surface area (Å²) in [5.74, 6) is 1.34. The highest BCUT2D eigenvalue weighted by Crippen LogP contribution is 2.35. The van der Waals surface area contributed by atoms with Crippen molar-refractivity contribution < 1.29 is 0 Å². The molecule has 0 amide bonds. The van der Waals surface area contributed by atoms with Crippen molar-refractivity contribution in [2.45, 2.75) is 37.1 Å². The van der Waals surface area contributed by atoms with Crippen molar-refractivity contribution in [3.63, 3.8) is 0 Å².